The van der Waals surface area contributed by atoms with Gasteiger partial charge in [0, 0.05) is 65.4 Å². The molecule has 4 aromatic carbocycles. The number of aliphatic hydroxyl groups is 1. The van der Waals surface area contributed by atoms with Crippen molar-refractivity contribution in [1.29, 1.82) is 0 Å². The average molecular weight is 1110 g/mol. The summed E-state index contributed by atoms with van der Waals surface area (Å²) in [7, 11) is 4.15. The number of fused-ring (bicyclic) bond motifs is 4. The molecule has 3 aromatic heterocycles. The zero-order valence-electron chi connectivity index (χ0n) is 38.5. The molecule has 0 aliphatic rings. The molecule has 3 heterocycles. The zero-order chi connectivity index (χ0) is 47.8. The number of ketones is 1. The first-order chi connectivity index (χ1) is 30.5. The molecule has 0 aliphatic carbocycles. The van der Waals surface area contributed by atoms with Gasteiger partial charge in [0.1, 0.15) is 11.3 Å². The minimum Gasteiger partial charge on any atom is -0.512 e. The van der Waals surface area contributed by atoms with E-state index >= 15 is 13.2 Å². The molecule has 7 rings (SSSR count). The van der Waals surface area contributed by atoms with Gasteiger partial charge in [0.2, 0.25) is 0 Å². The fourth-order valence-electron chi connectivity index (χ4n) is 8.43. The first-order valence-corrected chi connectivity index (χ1v) is 22.7. The number of furan rings is 1. The molecule has 0 bridgehead atoms. The maximum absolute atomic E-state index is 15.0. The molecule has 0 amide bonds. The van der Waals surface area contributed by atoms with Crippen molar-refractivity contribution >= 4 is 48.3 Å². The number of nitrogens with zero attached hydrogens (tertiary/aromatic N) is 1. The molecule has 0 spiro atoms. The molecule has 66 heavy (non-hydrogen) atoms. The number of allylic oxidation sites excluding steroid dienone is 2. The molecule has 0 aliphatic heterocycles. The van der Waals surface area contributed by atoms with Crippen molar-refractivity contribution in [2.24, 2.45) is 17.3 Å². The third-order valence-corrected chi connectivity index (χ3v) is 13.8. The van der Waals surface area contributed by atoms with E-state index in [1.54, 1.807) is 71.4 Å². The number of rotatable bonds is 12. The summed E-state index contributed by atoms with van der Waals surface area (Å²) >= 11 is 1.10. The molecule has 1 radical (unpaired) electrons. The van der Waals surface area contributed by atoms with Crippen LogP contribution in [-0.2, 0) is 37.5 Å². The third kappa shape index (κ3) is 10.7. The number of halogens is 6. The van der Waals surface area contributed by atoms with Crippen LogP contribution < -0.4 is 4.57 Å². The van der Waals surface area contributed by atoms with Crippen LogP contribution >= 0.6 is 11.3 Å². The normalized spacial score (nSPS) is 12.6. The standard InChI is InChI=1S/C41H32F6NOS.C13H24O2.Ir/c1-22-17-23(2)24(3)32(18-22)36-38-31(15-16-48(36)6)30-14-13-29(35(37(30)50-38)40(42,43)44)26-9-11-27(12-10-26)34-20-28-8-7-25(19-33(28)49-34)21-39(4,5)41(45,46)47;1-5-10(6-2)12(14)9-13(15)11(7-3)8-4;/h7-20H,3,6,21H2,1-2,4-5H3;9-11,14H,5-8H2,1-4H3;/q-1;;/b;12-9-;. The van der Waals surface area contributed by atoms with Crippen LogP contribution in [0, 0.1) is 45.1 Å². The number of pyridine rings is 1. The third-order valence-electron chi connectivity index (χ3n) is 12.5. The number of hydrogen-bond donors (Lipinski definition) is 1. The Labute approximate surface area is 401 Å². The van der Waals surface area contributed by atoms with Crippen LogP contribution in [0.2, 0.25) is 0 Å². The predicted molar refractivity (Wildman–Crippen MR) is 253 cm³/mol. The van der Waals surface area contributed by atoms with E-state index in [0.717, 1.165) is 73.1 Å². The Morgan fingerprint density at radius 3 is 1.98 bits per heavy atom. The Morgan fingerprint density at radius 1 is 0.788 bits per heavy atom. The fourth-order valence-corrected chi connectivity index (χ4v) is 9.86. The summed E-state index contributed by atoms with van der Waals surface area (Å²) in [5, 5.41) is 11.7. The molecule has 353 valence electrons. The smallest absolute Gasteiger partial charge is 0.418 e. The summed E-state index contributed by atoms with van der Waals surface area (Å²) in [6.45, 7) is 18.6. The van der Waals surface area contributed by atoms with Crippen LogP contribution in [0.3, 0.4) is 0 Å². The number of carbonyl (C=O) groups excluding carboxylic acids is 1. The summed E-state index contributed by atoms with van der Waals surface area (Å²) in [6.07, 6.45) is -2.54. The van der Waals surface area contributed by atoms with Gasteiger partial charge in [-0.05, 0) is 84.7 Å². The number of hydrogen-bond acceptors (Lipinski definition) is 4. The summed E-state index contributed by atoms with van der Waals surface area (Å²) in [5.41, 5.74) is 3.70. The van der Waals surface area contributed by atoms with Gasteiger partial charge in [-0.25, -0.2) is 0 Å². The Balaban J connectivity index is 0.000000440. The predicted octanol–water partition coefficient (Wildman–Crippen LogP) is 16.5. The van der Waals surface area contributed by atoms with Crippen molar-refractivity contribution in [3.63, 3.8) is 0 Å². The van der Waals surface area contributed by atoms with Gasteiger partial charge >= 0.3 is 12.4 Å². The number of aryl methyl sites for hydroxylation is 2. The van der Waals surface area contributed by atoms with Gasteiger partial charge in [0.05, 0.1) is 28.6 Å². The number of alkyl halides is 6. The largest absolute Gasteiger partial charge is 0.512 e. The van der Waals surface area contributed by atoms with E-state index in [1.165, 1.54) is 12.1 Å². The Morgan fingerprint density at radius 2 is 1.39 bits per heavy atom. The fraction of sp³-hybridized carbons (Fsp3) is 0.333. The zero-order valence-corrected chi connectivity index (χ0v) is 41.7. The summed E-state index contributed by atoms with van der Waals surface area (Å²) in [4.78, 5) is 11.7. The number of aromatic nitrogens is 1. The van der Waals surface area contributed by atoms with Crippen LogP contribution in [0.15, 0.2) is 101 Å². The Bertz CT molecular complexity index is 2880. The molecule has 1 N–H and O–H groups in total. The molecule has 0 saturated carbocycles. The van der Waals surface area contributed by atoms with E-state index in [1.807, 2.05) is 53.7 Å². The van der Waals surface area contributed by atoms with Crippen molar-refractivity contribution in [2.45, 2.75) is 99.8 Å². The second-order valence-electron chi connectivity index (χ2n) is 17.6. The van der Waals surface area contributed by atoms with Gasteiger partial charge in [-0.1, -0.05) is 103 Å². The van der Waals surface area contributed by atoms with Crippen LogP contribution in [-0.4, -0.2) is 17.1 Å². The van der Waals surface area contributed by atoms with Crippen molar-refractivity contribution < 1.29 is 65.3 Å². The van der Waals surface area contributed by atoms with Crippen molar-refractivity contribution in [3.05, 3.63) is 139 Å². The molecule has 4 nitrogen and oxygen atoms in total. The molecule has 0 fully saturated rings. The molecule has 0 saturated heterocycles. The van der Waals surface area contributed by atoms with Gasteiger partial charge in [-0.2, -0.15) is 44.4 Å². The van der Waals surface area contributed by atoms with Crippen LogP contribution in [0.4, 0.5) is 26.3 Å². The number of thiophene rings is 1. The van der Waals surface area contributed by atoms with Gasteiger partial charge in [-0.15, -0.1) is 29.0 Å². The summed E-state index contributed by atoms with van der Waals surface area (Å²) < 4.78 is 94.0. The molecular formula is C54H56F6IrNO3S-. The SMILES string of the molecule is CCC(CC)C(=O)/C=C(\O)C(CC)CC.[CH2-]c1c(C)cc(C)cc1-c1c2sc3c(C(F)(F)F)c(-c4ccc(-c5cc6ccc(CC(C)(C)C(F)(F)F)cc6o5)cc4)ccc3c2cc[n+]1[CH2-].[Ir]. The van der Waals surface area contributed by atoms with E-state index in [-0.39, 0.29) is 60.2 Å². The van der Waals surface area contributed by atoms with E-state index < -0.39 is 23.3 Å². The average Bonchev–Trinajstić information content (AvgIpc) is 3.83. The summed E-state index contributed by atoms with van der Waals surface area (Å²) in [5.74, 6) is 1.01. The topological polar surface area (TPSA) is 54.3 Å². The van der Waals surface area contributed by atoms with Gasteiger partial charge in [0.25, 0.3) is 0 Å². The molecule has 0 unspecified atom stereocenters. The first-order valence-electron chi connectivity index (χ1n) is 21.9. The quantitative estimate of drug-likeness (QED) is 0.0436. The van der Waals surface area contributed by atoms with Crippen LogP contribution in [0.1, 0.15) is 95.0 Å². The molecule has 0 atom stereocenters. The minimum absolute atomic E-state index is 0. The second-order valence-corrected chi connectivity index (χ2v) is 18.6. The van der Waals surface area contributed by atoms with Crippen molar-refractivity contribution in [3.8, 4) is 33.7 Å². The maximum atomic E-state index is 15.0. The van der Waals surface area contributed by atoms with Gasteiger partial charge in [-0.3, -0.25) is 4.79 Å². The van der Waals surface area contributed by atoms with Crippen LogP contribution in [0.5, 0.6) is 0 Å². The number of carbonyl (C=O) groups is 1. The van der Waals surface area contributed by atoms with E-state index in [2.05, 4.69) is 14.0 Å². The van der Waals surface area contributed by atoms with E-state index in [0.29, 0.717) is 54.6 Å². The maximum Gasteiger partial charge on any atom is 0.418 e. The minimum atomic E-state index is -4.65. The number of benzene rings is 4. The summed E-state index contributed by atoms with van der Waals surface area (Å²) in [6, 6.07) is 22.5. The van der Waals surface area contributed by atoms with Crippen LogP contribution in [0.25, 0.3) is 64.8 Å². The van der Waals surface area contributed by atoms with Gasteiger partial charge in [0.15, 0.2) is 5.78 Å². The second kappa shape index (κ2) is 20.5. The van der Waals surface area contributed by atoms with Crippen molar-refractivity contribution in [1.82, 2.24) is 0 Å². The van der Waals surface area contributed by atoms with Gasteiger partial charge < -0.3 is 14.1 Å². The first kappa shape index (κ1) is 51.9. The number of aliphatic hydroxyl groups excluding tert-OH is 1. The monoisotopic (exact) mass is 1110 g/mol. The molecule has 7 aromatic rings. The Kier molecular flexibility index (Phi) is 16.1. The Hall–Kier alpha value is -5.03. The van der Waals surface area contributed by atoms with E-state index in [9.17, 15) is 23.1 Å². The molecular weight excluding hydrogens is 1050 g/mol. The molecule has 12 heteroatoms. The van der Waals surface area contributed by atoms with Crippen molar-refractivity contribution in [2.75, 3.05) is 0 Å². The van der Waals surface area contributed by atoms with E-state index in [4.69, 9.17) is 4.42 Å².